The largest absolute Gasteiger partial charge is 0.300 e. The van der Waals surface area contributed by atoms with Crippen molar-refractivity contribution in [2.24, 2.45) is 17.8 Å². The number of rotatable bonds is 1. The minimum atomic E-state index is 1.03. The third kappa shape index (κ3) is 0.736. The molecule has 0 spiro atoms. The van der Waals surface area contributed by atoms with Crippen LogP contribution in [-0.4, -0.2) is 24.0 Å². The summed E-state index contributed by atoms with van der Waals surface area (Å²) in [7, 11) is 0. The lowest BCUT2D eigenvalue weighted by molar-refractivity contribution is 0.0116. The summed E-state index contributed by atoms with van der Waals surface area (Å²) in [5.41, 5.74) is 0. The first-order chi connectivity index (χ1) is 5.92. The molecule has 3 aliphatic rings. The van der Waals surface area contributed by atoms with Crippen LogP contribution < -0.4 is 0 Å². The zero-order valence-corrected chi connectivity index (χ0v) is 8.00. The van der Waals surface area contributed by atoms with Gasteiger partial charge in [-0.15, -0.1) is 0 Å². The number of hydrogen-bond acceptors (Lipinski definition) is 1. The fourth-order valence-electron chi connectivity index (χ4n) is 4.16. The summed E-state index contributed by atoms with van der Waals surface area (Å²) in [5.74, 6) is 3.40. The Balaban J connectivity index is 1.78. The van der Waals surface area contributed by atoms with Crippen molar-refractivity contribution in [3.8, 4) is 0 Å². The normalized spacial score (nSPS) is 51.8. The Morgan fingerprint density at radius 3 is 2.67 bits per heavy atom. The average molecular weight is 165 g/mol. The van der Waals surface area contributed by atoms with E-state index < -0.39 is 0 Å². The lowest BCUT2D eigenvalue weighted by Gasteiger charge is -2.48. The van der Waals surface area contributed by atoms with Gasteiger partial charge in [0.2, 0.25) is 0 Å². The second-order valence-electron chi connectivity index (χ2n) is 4.83. The van der Waals surface area contributed by atoms with Crippen LogP contribution in [0.1, 0.15) is 32.6 Å². The predicted molar refractivity (Wildman–Crippen MR) is 50.0 cm³/mol. The highest BCUT2D eigenvalue weighted by Crippen LogP contribution is 2.57. The minimum Gasteiger partial charge on any atom is -0.300 e. The third-order valence-corrected chi connectivity index (χ3v) is 4.63. The fourth-order valence-corrected chi connectivity index (χ4v) is 4.16. The molecule has 0 aromatic heterocycles. The van der Waals surface area contributed by atoms with Crippen LogP contribution in [0.15, 0.2) is 0 Å². The van der Waals surface area contributed by atoms with Gasteiger partial charge in [-0.25, -0.2) is 0 Å². The second-order valence-corrected chi connectivity index (χ2v) is 4.83. The smallest absolute Gasteiger partial charge is 0.0158 e. The highest BCUT2D eigenvalue weighted by molar-refractivity contribution is 5.08. The molecule has 0 radical (unpaired) electrons. The van der Waals surface area contributed by atoms with Crippen LogP contribution >= 0.6 is 0 Å². The van der Waals surface area contributed by atoms with Gasteiger partial charge in [-0.1, -0.05) is 13.3 Å². The molecular weight excluding hydrogens is 146 g/mol. The maximum Gasteiger partial charge on any atom is 0.0158 e. The van der Waals surface area contributed by atoms with Crippen molar-refractivity contribution in [3.05, 3.63) is 0 Å². The summed E-state index contributed by atoms with van der Waals surface area (Å²) < 4.78 is 0. The number of nitrogens with zero attached hydrogens (tertiary/aromatic N) is 1. The first-order valence-electron chi connectivity index (χ1n) is 5.66. The molecule has 3 fully saturated rings. The Morgan fingerprint density at radius 2 is 1.83 bits per heavy atom. The molecule has 1 nitrogen and oxygen atoms in total. The molecule has 2 saturated carbocycles. The van der Waals surface area contributed by atoms with Crippen LogP contribution in [-0.2, 0) is 0 Å². The molecule has 1 aliphatic heterocycles. The van der Waals surface area contributed by atoms with E-state index in [-0.39, 0.29) is 0 Å². The van der Waals surface area contributed by atoms with E-state index in [2.05, 4.69) is 11.8 Å². The molecule has 3 rings (SSSR count). The van der Waals surface area contributed by atoms with Gasteiger partial charge in [0.25, 0.3) is 0 Å². The van der Waals surface area contributed by atoms with E-state index in [0.717, 1.165) is 23.8 Å². The molecule has 12 heavy (non-hydrogen) atoms. The first-order valence-corrected chi connectivity index (χ1v) is 5.66. The van der Waals surface area contributed by atoms with Crippen LogP contribution in [0.2, 0.25) is 0 Å². The maximum absolute atomic E-state index is 2.73. The van der Waals surface area contributed by atoms with E-state index in [1.165, 1.54) is 25.9 Å². The van der Waals surface area contributed by atoms with Gasteiger partial charge in [0.1, 0.15) is 0 Å². The summed E-state index contributed by atoms with van der Waals surface area (Å²) in [4.78, 5) is 2.73. The van der Waals surface area contributed by atoms with Gasteiger partial charge in [-0.2, -0.15) is 0 Å². The van der Waals surface area contributed by atoms with Crippen LogP contribution in [0, 0.1) is 17.8 Å². The molecule has 2 aliphatic carbocycles. The van der Waals surface area contributed by atoms with E-state index in [1.807, 2.05) is 0 Å². The van der Waals surface area contributed by atoms with Crippen molar-refractivity contribution in [1.29, 1.82) is 0 Å². The lowest BCUT2D eigenvalue weighted by Crippen LogP contribution is -2.52. The Bertz CT molecular complexity index is 183. The third-order valence-electron chi connectivity index (χ3n) is 4.63. The summed E-state index contributed by atoms with van der Waals surface area (Å²) in [6, 6.07) is 1.03. The van der Waals surface area contributed by atoms with Crippen molar-refractivity contribution in [2.75, 3.05) is 13.1 Å². The summed E-state index contributed by atoms with van der Waals surface area (Å²) >= 11 is 0. The molecule has 0 amide bonds. The van der Waals surface area contributed by atoms with Crippen molar-refractivity contribution in [2.45, 2.75) is 38.6 Å². The zero-order valence-electron chi connectivity index (χ0n) is 8.00. The van der Waals surface area contributed by atoms with Crippen molar-refractivity contribution < 1.29 is 0 Å². The van der Waals surface area contributed by atoms with Gasteiger partial charge in [0.15, 0.2) is 0 Å². The van der Waals surface area contributed by atoms with Gasteiger partial charge < -0.3 is 4.90 Å². The highest BCUT2D eigenvalue weighted by Gasteiger charge is 2.56. The molecular formula is C11H19N. The summed E-state index contributed by atoms with van der Waals surface area (Å²) in [5, 5.41) is 0. The number of fused-ring (bicyclic) bond motifs is 4. The highest BCUT2D eigenvalue weighted by atomic mass is 15.2. The van der Waals surface area contributed by atoms with Crippen LogP contribution in [0.4, 0.5) is 0 Å². The zero-order chi connectivity index (χ0) is 8.13. The molecule has 0 unspecified atom stereocenters. The summed E-state index contributed by atoms with van der Waals surface area (Å²) in [6.45, 7) is 5.02. The first kappa shape index (κ1) is 7.37. The van der Waals surface area contributed by atoms with Gasteiger partial charge >= 0.3 is 0 Å². The van der Waals surface area contributed by atoms with Crippen molar-refractivity contribution >= 4 is 0 Å². The van der Waals surface area contributed by atoms with Crippen LogP contribution in [0.3, 0.4) is 0 Å². The van der Waals surface area contributed by atoms with Gasteiger partial charge in [0, 0.05) is 6.04 Å². The SMILES string of the molecule is CCN1CC[C@H]2[C@H]3CCC[C@H]3[C@H]21. The van der Waals surface area contributed by atoms with E-state index in [0.29, 0.717) is 0 Å². The van der Waals surface area contributed by atoms with Gasteiger partial charge in [-0.05, 0) is 50.1 Å². The Morgan fingerprint density at radius 1 is 1.08 bits per heavy atom. The minimum absolute atomic E-state index is 1.03. The predicted octanol–water partition coefficient (Wildman–Crippen LogP) is 2.13. The molecule has 0 N–H and O–H groups in total. The van der Waals surface area contributed by atoms with Gasteiger partial charge in [0.05, 0.1) is 0 Å². The summed E-state index contributed by atoms with van der Waals surface area (Å²) in [6.07, 6.45) is 6.14. The standard InChI is InChI=1S/C11H19N/c1-2-12-7-6-10-8-4-3-5-9(8)11(10)12/h8-11H,2-7H2,1H3/t8-,9+,10-,11+/m0/s1. The van der Waals surface area contributed by atoms with E-state index in [9.17, 15) is 0 Å². The molecule has 68 valence electrons. The van der Waals surface area contributed by atoms with Crippen LogP contribution in [0.5, 0.6) is 0 Å². The number of likely N-dealkylation sites (tertiary alicyclic amines) is 1. The van der Waals surface area contributed by atoms with E-state index in [4.69, 9.17) is 0 Å². The molecule has 4 atom stereocenters. The monoisotopic (exact) mass is 165 g/mol. The van der Waals surface area contributed by atoms with Crippen molar-refractivity contribution in [3.63, 3.8) is 0 Å². The van der Waals surface area contributed by atoms with Crippen molar-refractivity contribution in [1.82, 2.24) is 4.90 Å². The van der Waals surface area contributed by atoms with Crippen LogP contribution in [0.25, 0.3) is 0 Å². The molecule has 0 aromatic carbocycles. The van der Waals surface area contributed by atoms with E-state index >= 15 is 0 Å². The Labute approximate surface area is 75.1 Å². The lowest BCUT2D eigenvalue weighted by atomic mass is 9.63. The molecule has 1 heteroatoms. The number of hydrogen-bond donors (Lipinski definition) is 0. The van der Waals surface area contributed by atoms with Gasteiger partial charge in [-0.3, -0.25) is 0 Å². The quantitative estimate of drug-likeness (QED) is 0.575. The maximum atomic E-state index is 2.73. The molecule has 0 aromatic rings. The average Bonchev–Trinajstić information content (AvgIpc) is 2.58. The fraction of sp³-hybridized carbons (Fsp3) is 1.00. The Hall–Kier alpha value is -0.0400. The van der Waals surface area contributed by atoms with E-state index in [1.54, 1.807) is 12.8 Å². The molecule has 1 heterocycles. The Kier molecular flexibility index (Phi) is 1.52. The molecule has 1 saturated heterocycles. The second kappa shape index (κ2) is 2.47. The molecule has 0 bridgehead atoms. The topological polar surface area (TPSA) is 3.24 Å².